The maximum absolute atomic E-state index is 13.3. The second kappa shape index (κ2) is 6.09. The fraction of sp³-hybridized carbons (Fsp3) is 0.471. The molecule has 3 rings (SSSR count). The van der Waals surface area contributed by atoms with Crippen molar-refractivity contribution in [3.8, 4) is 0 Å². The average molecular weight is 352 g/mol. The highest BCUT2D eigenvalue weighted by molar-refractivity contribution is 5.84. The van der Waals surface area contributed by atoms with Crippen LogP contribution in [0.1, 0.15) is 12.5 Å². The van der Waals surface area contributed by atoms with Gasteiger partial charge in [-0.25, -0.2) is 8.78 Å². The Morgan fingerprint density at radius 2 is 1.80 bits per heavy atom. The third-order valence-electron chi connectivity index (χ3n) is 5.17. The topological polar surface area (TPSA) is 77.9 Å². The van der Waals surface area contributed by atoms with Crippen molar-refractivity contribution in [2.24, 2.45) is 11.3 Å². The summed E-state index contributed by atoms with van der Waals surface area (Å²) in [6.45, 7) is 2.02. The lowest BCUT2D eigenvalue weighted by Gasteiger charge is -2.25. The zero-order valence-corrected chi connectivity index (χ0v) is 13.7. The fourth-order valence-corrected chi connectivity index (χ4v) is 3.73. The molecule has 2 heterocycles. The number of benzene rings is 1. The minimum Gasteiger partial charge on any atom is -0.481 e. The second-order valence-electron chi connectivity index (χ2n) is 6.76. The van der Waals surface area contributed by atoms with Gasteiger partial charge < -0.3 is 14.9 Å². The lowest BCUT2D eigenvalue weighted by Crippen LogP contribution is -2.43. The Labute approximate surface area is 143 Å². The van der Waals surface area contributed by atoms with Crippen LogP contribution < -0.4 is 0 Å². The summed E-state index contributed by atoms with van der Waals surface area (Å²) in [4.78, 5) is 38.8. The molecule has 0 bridgehead atoms. The summed E-state index contributed by atoms with van der Waals surface area (Å²) < 4.78 is 26.2. The van der Waals surface area contributed by atoms with E-state index in [4.69, 9.17) is 0 Å². The van der Waals surface area contributed by atoms with Crippen LogP contribution in [0.2, 0.25) is 0 Å². The minimum absolute atomic E-state index is 0.0132. The van der Waals surface area contributed by atoms with Crippen molar-refractivity contribution in [2.45, 2.75) is 13.3 Å². The van der Waals surface area contributed by atoms with Gasteiger partial charge in [0.2, 0.25) is 11.8 Å². The first-order valence-corrected chi connectivity index (χ1v) is 7.93. The van der Waals surface area contributed by atoms with Gasteiger partial charge in [-0.3, -0.25) is 14.4 Å². The van der Waals surface area contributed by atoms with Gasteiger partial charge in [-0.05, 0) is 17.7 Å². The van der Waals surface area contributed by atoms with E-state index in [1.165, 1.54) is 22.8 Å². The smallest absolute Gasteiger partial charge is 0.313 e. The van der Waals surface area contributed by atoms with Crippen LogP contribution >= 0.6 is 0 Å². The van der Waals surface area contributed by atoms with E-state index in [-0.39, 0.29) is 43.8 Å². The SMILES string of the molecule is CC(=O)N1C[C@H]2CN(C(=O)Cc3ccc(F)c(F)c3)C[C@@]2(C(=O)O)C1. The molecule has 1 aromatic rings. The van der Waals surface area contributed by atoms with Gasteiger partial charge in [-0.2, -0.15) is 0 Å². The highest BCUT2D eigenvalue weighted by atomic mass is 19.2. The van der Waals surface area contributed by atoms with Crippen molar-refractivity contribution in [3.05, 3.63) is 35.4 Å². The third kappa shape index (κ3) is 2.96. The van der Waals surface area contributed by atoms with Crippen LogP contribution in [-0.4, -0.2) is 58.9 Å². The third-order valence-corrected chi connectivity index (χ3v) is 5.17. The molecule has 1 N–H and O–H groups in total. The summed E-state index contributed by atoms with van der Waals surface area (Å²) in [7, 11) is 0. The molecule has 0 spiro atoms. The summed E-state index contributed by atoms with van der Waals surface area (Å²) in [6.07, 6.45) is -0.129. The maximum atomic E-state index is 13.3. The van der Waals surface area contributed by atoms with Crippen LogP contribution in [0.5, 0.6) is 0 Å². The lowest BCUT2D eigenvalue weighted by molar-refractivity contribution is -0.149. The molecule has 134 valence electrons. The Bertz CT molecular complexity index is 754. The molecule has 6 nitrogen and oxygen atoms in total. The van der Waals surface area contributed by atoms with E-state index in [0.717, 1.165) is 12.1 Å². The average Bonchev–Trinajstić information content (AvgIpc) is 3.06. The molecule has 2 aliphatic heterocycles. The Balaban J connectivity index is 1.73. The van der Waals surface area contributed by atoms with Crippen molar-refractivity contribution in [1.82, 2.24) is 9.80 Å². The first kappa shape index (κ1) is 17.3. The Morgan fingerprint density at radius 1 is 1.16 bits per heavy atom. The molecule has 2 aliphatic rings. The zero-order valence-electron chi connectivity index (χ0n) is 13.7. The van der Waals surface area contributed by atoms with Crippen molar-refractivity contribution < 1.29 is 28.3 Å². The molecule has 2 fully saturated rings. The number of rotatable bonds is 3. The van der Waals surface area contributed by atoms with E-state index in [1.54, 1.807) is 0 Å². The molecule has 0 saturated carbocycles. The number of fused-ring (bicyclic) bond motifs is 1. The number of hydrogen-bond donors (Lipinski definition) is 1. The van der Waals surface area contributed by atoms with E-state index in [2.05, 4.69) is 0 Å². The quantitative estimate of drug-likeness (QED) is 0.877. The molecular formula is C17H18F2N2O4. The molecule has 2 atom stereocenters. The van der Waals surface area contributed by atoms with Gasteiger partial charge in [-0.15, -0.1) is 0 Å². The van der Waals surface area contributed by atoms with Gasteiger partial charge in [0.1, 0.15) is 5.41 Å². The molecule has 2 amide bonds. The molecular weight excluding hydrogens is 334 g/mol. The largest absolute Gasteiger partial charge is 0.481 e. The number of amides is 2. The molecule has 8 heteroatoms. The first-order chi connectivity index (χ1) is 11.7. The normalized spacial score (nSPS) is 25.2. The number of nitrogens with zero attached hydrogens (tertiary/aromatic N) is 2. The number of halogens is 2. The van der Waals surface area contributed by atoms with Gasteiger partial charge in [0.05, 0.1) is 6.42 Å². The van der Waals surface area contributed by atoms with Crippen molar-refractivity contribution >= 4 is 17.8 Å². The van der Waals surface area contributed by atoms with Crippen molar-refractivity contribution in [2.75, 3.05) is 26.2 Å². The number of carbonyl (C=O) groups is 3. The predicted molar refractivity (Wildman–Crippen MR) is 82.5 cm³/mol. The molecule has 0 radical (unpaired) electrons. The van der Waals surface area contributed by atoms with Crippen LogP contribution in [0.4, 0.5) is 8.78 Å². The van der Waals surface area contributed by atoms with Crippen LogP contribution in [0.15, 0.2) is 18.2 Å². The number of likely N-dealkylation sites (tertiary alicyclic amines) is 2. The number of carboxylic acid groups (broad SMARTS) is 1. The molecule has 2 saturated heterocycles. The van der Waals surface area contributed by atoms with Crippen LogP contribution in [0, 0.1) is 23.0 Å². The highest BCUT2D eigenvalue weighted by Crippen LogP contribution is 2.43. The zero-order chi connectivity index (χ0) is 18.4. The predicted octanol–water partition coefficient (Wildman–Crippen LogP) is 0.899. The summed E-state index contributed by atoms with van der Waals surface area (Å²) in [5.74, 6) is -3.89. The Hall–Kier alpha value is -2.51. The summed E-state index contributed by atoms with van der Waals surface area (Å²) in [5, 5.41) is 9.66. The summed E-state index contributed by atoms with van der Waals surface area (Å²) in [5.41, 5.74) is -0.828. The summed E-state index contributed by atoms with van der Waals surface area (Å²) in [6, 6.07) is 3.26. The van der Waals surface area contributed by atoms with Gasteiger partial charge in [0.25, 0.3) is 0 Å². The van der Waals surface area contributed by atoms with Gasteiger partial charge in [-0.1, -0.05) is 6.07 Å². The highest BCUT2D eigenvalue weighted by Gasteiger charge is 2.58. The summed E-state index contributed by atoms with van der Waals surface area (Å²) >= 11 is 0. The van der Waals surface area contributed by atoms with Crippen LogP contribution in [0.3, 0.4) is 0 Å². The molecule has 25 heavy (non-hydrogen) atoms. The standard InChI is InChI=1S/C17H18F2N2O4/c1-10(22)20-6-12-7-21(9-17(12,8-20)16(24)25)15(23)5-11-2-3-13(18)14(19)4-11/h2-4,12H,5-9H2,1H3,(H,24,25)/t12-,17-/m0/s1. The fourth-order valence-electron chi connectivity index (χ4n) is 3.73. The van der Waals surface area contributed by atoms with Crippen molar-refractivity contribution in [3.63, 3.8) is 0 Å². The second-order valence-corrected chi connectivity index (χ2v) is 6.76. The van der Waals surface area contributed by atoms with E-state index in [1.807, 2.05) is 0 Å². The first-order valence-electron chi connectivity index (χ1n) is 7.93. The van der Waals surface area contributed by atoms with E-state index < -0.39 is 23.0 Å². The van der Waals surface area contributed by atoms with Crippen LogP contribution in [-0.2, 0) is 20.8 Å². The number of aliphatic carboxylic acids is 1. The van der Waals surface area contributed by atoms with Crippen LogP contribution in [0.25, 0.3) is 0 Å². The number of carboxylic acids is 1. The Kier molecular flexibility index (Phi) is 4.22. The van der Waals surface area contributed by atoms with Gasteiger partial charge in [0.15, 0.2) is 11.6 Å². The molecule has 1 aromatic carbocycles. The van der Waals surface area contributed by atoms with Crippen molar-refractivity contribution in [1.29, 1.82) is 0 Å². The van der Waals surface area contributed by atoms with Gasteiger partial charge in [0, 0.05) is 39.0 Å². The van der Waals surface area contributed by atoms with E-state index >= 15 is 0 Å². The van der Waals surface area contributed by atoms with E-state index in [9.17, 15) is 28.3 Å². The lowest BCUT2D eigenvalue weighted by atomic mass is 9.81. The molecule has 0 aromatic heterocycles. The monoisotopic (exact) mass is 352 g/mol. The molecule has 0 aliphatic carbocycles. The maximum Gasteiger partial charge on any atom is 0.313 e. The minimum atomic E-state index is -1.16. The number of hydrogen-bond acceptors (Lipinski definition) is 3. The molecule has 0 unspecified atom stereocenters. The number of carbonyl (C=O) groups excluding carboxylic acids is 2. The van der Waals surface area contributed by atoms with Gasteiger partial charge >= 0.3 is 5.97 Å². The Morgan fingerprint density at radius 3 is 2.36 bits per heavy atom. The van der Waals surface area contributed by atoms with E-state index in [0.29, 0.717) is 12.1 Å².